The van der Waals surface area contributed by atoms with Gasteiger partial charge in [-0.15, -0.1) is 0 Å². The van der Waals surface area contributed by atoms with E-state index in [-0.39, 0.29) is 11.2 Å². The van der Waals surface area contributed by atoms with Crippen molar-refractivity contribution in [1.29, 1.82) is 0 Å². The first-order chi connectivity index (χ1) is 16.4. The molecule has 3 aromatic rings. The Bertz CT molecular complexity index is 1320. The lowest BCUT2D eigenvalue weighted by Gasteiger charge is -2.24. The fourth-order valence-electron chi connectivity index (χ4n) is 3.76. The molecule has 5 N–H and O–H groups in total. The fourth-order valence-corrected chi connectivity index (χ4v) is 3.76. The van der Waals surface area contributed by atoms with Gasteiger partial charge >= 0.3 is 6.03 Å². The van der Waals surface area contributed by atoms with Crippen molar-refractivity contribution in [2.45, 2.75) is 45.2 Å². The molecule has 11 heteroatoms. The minimum atomic E-state index is -1.36. The highest BCUT2D eigenvalue weighted by Gasteiger charge is 2.25. The maximum absolute atomic E-state index is 14.0. The van der Waals surface area contributed by atoms with Crippen molar-refractivity contribution in [2.24, 2.45) is 5.73 Å². The lowest BCUT2D eigenvalue weighted by Crippen LogP contribution is -2.45. The van der Waals surface area contributed by atoms with E-state index in [0.29, 0.717) is 36.5 Å². The van der Waals surface area contributed by atoms with Crippen LogP contribution in [0.5, 0.6) is 0 Å². The van der Waals surface area contributed by atoms with E-state index in [1.165, 1.54) is 4.68 Å². The molecule has 0 aliphatic carbocycles. The summed E-state index contributed by atoms with van der Waals surface area (Å²) in [7, 11) is 0. The molecular weight excluding hydrogens is 461 g/mol. The Hall–Kier alpha value is -3.86. The molecule has 1 aliphatic rings. The number of hydrogen-bond acceptors (Lipinski definition) is 4. The SMILES string of the molecule is CC(C)(C)c1cc(NC(=O)Nc2cc(F)c(F)cc2F)n(-c2ccc3c(c2)CN[C@H](C(N)=O)C3)n1. The number of nitrogens with one attached hydrogen (secondary N) is 3. The van der Waals surface area contributed by atoms with E-state index in [1.807, 2.05) is 32.9 Å². The van der Waals surface area contributed by atoms with Crippen LogP contribution in [0.4, 0.5) is 29.5 Å². The topological polar surface area (TPSA) is 114 Å². The maximum atomic E-state index is 14.0. The minimum absolute atomic E-state index is 0.286. The zero-order valence-corrected chi connectivity index (χ0v) is 19.4. The summed E-state index contributed by atoms with van der Waals surface area (Å²) in [6.45, 7) is 6.31. The van der Waals surface area contributed by atoms with Crippen LogP contribution in [0.15, 0.2) is 36.4 Å². The number of nitrogens with zero attached hydrogens (tertiary/aromatic N) is 2. The number of nitrogens with two attached hydrogens (primary N) is 1. The molecule has 2 heterocycles. The number of benzene rings is 2. The number of carbonyl (C=O) groups excluding carboxylic acids is 2. The second kappa shape index (κ2) is 9.06. The van der Waals surface area contributed by atoms with Gasteiger partial charge in [0, 0.05) is 30.2 Å². The van der Waals surface area contributed by atoms with E-state index in [2.05, 4.69) is 21.0 Å². The summed E-state index contributed by atoms with van der Waals surface area (Å²) in [4.78, 5) is 24.1. The highest BCUT2D eigenvalue weighted by Crippen LogP contribution is 2.28. The Kier molecular flexibility index (Phi) is 6.28. The minimum Gasteiger partial charge on any atom is -0.368 e. The molecule has 1 aliphatic heterocycles. The van der Waals surface area contributed by atoms with Crippen molar-refractivity contribution in [3.63, 3.8) is 0 Å². The van der Waals surface area contributed by atoms with Gasteiger partial charge in [-0.2, -0.15) is 5.10 Å². The Morgan fingerprint density at radius 3 is 2.43 bits per heavy atom. The van der Waals surface area contributed by atoms with E-state index in [4.69, 9.17) is 5.73 Å². The third kappa shape index (κ3) is 5.14. The summed E-state index contributed by atoms with van der Waals surface area (Å²) >= 11 is 0. The van der Waals surface area contributed by atoms with Gasteiger partial charge < -0.3 is 16.4 Å². The molecule has 1 aromatic heterocycles. The van der Waals surface area contributed by atoms with Crippen molar-refractivity contribution in [3.05, 3.63) is 70.7 Å². The third-order valence-corrected chi connectivity index (χ3v) is 5.72. The molecule has 8 nitrogen and oxygen atoms in total. The van der Waals surface area contributed by atoms with Gasteiger partial charge in [0.1, 0.15) is 11.6 Å². The van der Waals surface area contributed by atoms with Crippen LogP contribution in [0.1, 0.15) is 37.6 Å². The van der Waals surface area contributed by atoms with Crippen LogP contribution >= 0.6 is 0 Å². The zero-order valence-electron chi connectivity index (χ0n) is 19.4. The molecule has 0 fully saturated rings. The fraction of sp³-hybridized carbons (Fsp3) is 0.292. The van der Waals surface area contributed by atoms with Gasteiger partial charge in [0.05, 0.1) is 23.1 Å². The first kappa shape index (κ1) is 24.3. The summed E-state index contributed by atoms with van der Waals surface area (Å²) in [5.41, 5.74) is 7.80. The molecule has 0 saturated heterocycles. The quantitative estimate of drug-likeness (QED) is 0.421. The summed E-state index contributed by atoms with van der Waals surface area (Å²) < 4.78 is 42.2. The van der Waals surface area contributed by atoms with Gasteiger partial charge in [-0.05, 0) is 29.7 Å². The van der Waals surface area contributed by atoms with Gasteiger partial charge in [-0.3, -0.25) is 10.1 Å². The van der Waals surface area contributed by atoms with Crippen molar-refractivity contribution in [1.82, 2.24) is 15.1 Å². The number of anilines is 2. The number of hydrogen-bond donors (Lipinski definition) is 4. The highest BCUT2D eigenvalue weighted by atomic mass is 19.2. The highest BCUT2D eigenvalue weighted by molar-refractivity contribution is 5.99. The number of aromatic nitrogens is 2. The molecule has 0 saturated carbocycles. The second-order valence-corrected chi connectivity index (χ2v) is 9.39. The molecule has 1 atom stereocenters. The van der Waals surface area contributed by atoms with Crippen LogP contribution < -0.4 is 21.7 Å². The Balaban J connectivity index is 1.64. The number of halogens is 3. The maximum Gasteiger partial charge on any atom is 0.324 e. The first-order valence-electron chi connectivity index (χ1n) is 10.9. The predicted molar refractivity (Wildman–Crippen MR) is 125 cm³/mol. The molecule has 35 heavy (non-hydrogen) atoms. The number of rotatable bonds is 4. The van der Waals surface area contributed by atoms with Gasteiger partial charge in [-0.1, -0.05) is 26.8 Å². The van der Waals surface area contributed by atoms with Gasteiger partial charge in [0.15, 0.2) is 11.6 Å². The molecule has 4 rings (SSSR count). The van der Waals surface area contributed by atoms with Crippen LogP contribution in [0.3, 0.4) is 0 Å². The summed E-state index contributed by atoms with van der Waals surface area (Å²) in [5.74, 6) is -3.89. The standard InChI is InChI=1S/C24H25F3N6O2/c1-24(2,3)20-10-21(31-23(35)30-18-9-16(26)15(25)8-17(18)27)33(32-20)14-5-4-12-7-19(22(28)34)29-11-13(12)6-14/h4-6,8-10,19,29H,7,11H2,1-3H3,(H2,28,34)(H2,30,31,35)/t19-/m0/s1. The van der Waals surface area contributed by atoms with Crippen molar-refractivity contribution in [2.75, 3.05) is 10.6 Å². The smallest absolute Gasteiger partial charge is 0.324 e. The number of fused-ring (bicyclic) bond motifs is 1. The van der Waals surface area contributed by atoms with E-state index in [9.17, 15) is 22.8 Å². The zero-order chi connectivity index (χ0) is 25.5. The molecule has 0 spiro atoms. The third-order valence-electron chi connectivity index (χ3n) is 5.72. The van der Waals surface area contributed by atoms with E-state index in [1.54, 1.807) is 12.1 Å². The molecule has 0 bridgehead atoms. The van der Waals surface area contributed by atoms with Crippen molar-refractivity contribution in [3.8, 4) is 5.69 Å². The largest absolute Gasteiger partial charge is 0.368 e. The van der Waals surface area contributed by atoms with Crippen LogP contribution in [-0.4, -0.2) is 27.8 Å². The van der Waals surface area contributed by atoms with Crippen LogP contribution in [0, 0.1) is 17.5 Å². The van der Waals surface area contributed by atoms with Gasteiger partial charge in [0.2, 0.25) is 5.91 Å². The van der Waals surface area contributed by atoms with Crippen LogP contribution in [0.25, 0.3) is 5.69 Å². The monoisotopic (exact) mass is 486 g/mol. The molecule has 0 unspecified atom stereocenters. The lowest BCUT2D eigenvalue weighted by atomic mass is 9.92. The normalized spacial score (nSPS) is 15.4. The second-order valence-electron chi connectivity index (χ2n) is 9.39. The Labute approximate surface area is 199 Å². The molecule has 3 amide bonds. The Morgan fingerprint density at radius 1 is 1.03 bits per heavy atom. The predicted octanol–water partition coefficient (Wildman–Crippen LogP) is 3.73. The molecule has 0 radical (unpaired) electrons. The van der Waals surface area contributed by atoms with Gasteiger partial charge in [-0.25, -0.2) is 22.6 Å². The summed E-state index contributed by atoms with van der Waals surface area (Å²) in [6, 6.07) is 6.87. The summed E-state index contributed by atoms with van der Waals surface area (Å²) in [6.07, 6.45) is 0.463. The average molecular weight is 486 g/mol. The van der Waals surface area contributed by atoms with E-state index < -0.39 is 41.1 Å². The number of carbonyl (C=O) groups is 2. The number of amides is 3. The number of urea groups is 1. The molecule has 184 valence electrons. The average Bonchev–Trinajstić information content (AvgIpc) is 3.21. The number of primary amides is 1. The van der Waals surface area contributed by atoms with Crippen molar-refractivity contribution >= 4 is 23.4 Å². The lowest BCUT2D eigenvalue weighted by molar-refractivity contribution is -0.120. The molecule has 2 aromatic carbocycles. The van der Waals surface area contributed by atoms with Crippen LogP contribution in [0.2, 0.25) is 0 Å². The van der Waals surface area contributed by atoms with E-state index >= 15 is 0 Å². The Morgan fingerprint density at radius 2 is 1.74 bits per heavy atom. The first-order valence-corrected chi connectivity index (χ1v) is 10.9. The molecular formula is C24H25F3N6O2. The van der Waals surface area contributed by atoms with E-state index in [0.717, 1.165) is 11.1 Å². The summed E-state index contributed by atoms with van der Waals surface area (Å²) in [5, 5.41) is 12.5. The van der Waals surface area contributed by atoms with Crippen molar-refractivity contribution < 1.29 is 22.8 Å². The van der Waals surface area contributed by atoms with Crippen LogP contribution in [-0.2, 0) is 23.2 Å². The van der Waals surface area contributed by atoms with Gasteiger partial charge in [0.25, 0.3) is 0 Å².